The first-order valence-electron chi connectivity index (χ1n) is 6.09. The minimum atomic E-state index is -4.51. The molecule has 0 aliphatic heterocycles. The Morgan fingerprint density at radius 2 is 1.86 bits per heavy atom. The van der Waals surface area contributed by atoms with Gasteiger partial charge in [-0.1, -0.05) is 18.2 Å². The Morgan fingerprint density at radius 1 is 1.14 bits per heavy atom. The van der Waals surface area contributed by atoms with Gasteiger partial charge in [0.2, 0.25) is 0 Å². The standard InChI is InChI=1S/C14H7ClF3N3O/c15-13(22)11-7-19-12-6-5-10(20-21(11)12)8-3-1-2-4-9(8)14(16,17)18/h1-7H. The van der Waals surface area contributed by atoms with Crippen molar-refractivity contribution < 1.29 is 18.0 Å². The van der Waals surface area contributed by atoms with Crippen LogP contribution in [0.15, 0.2) is 42.6 Å². The van der Waals surface area contributed by atoms with E-state index in [1.165, 1.54) is 36.5 Å². The van der Waals surface area contributed by atoms with Crippen molar-refractivity contribution in [1.82, 2.24) is 14.6 Å². The van der Waals surface area contributed by atoms with E-state index in [2.05, 4.69) is 10.1 Å². The van der Waals surface area contributed by atoms with Crippen LogP contribution in [0, 0.1) is 0 Å². The largest absolute Gasteiger partial charge is 0.417 e. The van der Waals surface area contributed by atoms with Crippen LogP contribution in [-0.4, -0.2) is 19.8 Å². The van der Waals surface area contributed by atoms with E-state index < -0.39 is 17.0 Å². The van der Waals surface area contributed by atoms with Gasteiger partial charge in [0.05, 0.1) is 17.5 Å². The summed E-state index contributed by atoms with van der Waals surface area (Å²) >= 11 is 5.41. The molecular weight excluding hydrogens is 319 g/mol. The molecule has 0 aliphatic carbocycles. The average molecular weight is 326 g/mol. The number of fused-ring (bicyclic) bond motifs is 1. The topological polar surface area (TPSA) is 47.3 Å². The monoisotopic (exact) mass is 325 g/mol. The molecule has 0 saturated carbocycles. The molecule has 0 N–H and O–H groups in total. The van der Waals surface area contributed by atoms with Gasteiger partial charge in [-0.25, -0.2) is 9.50 Å². The Labute approximate surface area is 127 Å². The molecule has 0 unspecified atom stereocenters. The zero-order valence-corrected chi connectivity index (χ0v) is 11.6. The third-order valence-corrected chi connectivity index (χ3v) is 3.27. The molecule has 0 fully saturated rings. The van der Waals surface area contributed by atoms with Crippen LogP contribution in [0.1, 0.15) is 16.1 Å². The molecule has 0 radical (unpaired) electrons. The Morgan fingerprint density at radius 3 is 2.55 bits per heavy atom. The Hall–Kier alpha value is -2.41. The van der Waals surface area contributed by atoms with Gasteiger partial charge in [-0.05, 0) is 29.8 Å². The van der Waals surface area contributed by atoms with Crippen molar-refractivity contribution in [2.45, 2.75) is 6.18 Å². The third kappa shape index (κ3) is 2.43. The van der Waals surface area contributed by atoms with E-state index in [-0.39, 0.29) is 17.0 Å². The van der Waals surface area contributed by atoms with Crippen LogP contribution < -0.4 is 0 Å². The molecule has 0 amide bonds. The number of carbonyl (C=O) groups is 1. The zero-order chi connectivity index (χ0) is 15.9. The minimum Gasteiger partial charge on any atom is -0.274 e. The van der Waals surface area contributed by atoms with E-state index in [9.17, 15) is 18.0 Å². The van der Waals surface area contributed by atoms with Crippen molar-refractivity contribution in [3.05, 3.63) is 53.9 Å². The number of aromatic nitrogens is 3. The van der Waals surface area contributed by atoms with Crippen LogP contribution in [0.25, 0.3) is 16.9 Å². The summed E-state index contributed by atoms with van der Waals surface area (Å²) in [5.41, 5.74) is -0.517. The van der Waals surface area contributed by atoms with E-state index in [0.29, 0.717) is 5.65 Å². The smallest absolute Gasteiger partial charge is 0.274 e. The van der Waals surface area contributed by atoms with Crippen molar-refractivity contribution in [3.63, 3.8) is 0 Å². The van der Waals surface area contributed by atoms with Gasteiger partial charge in [-0.15, -0.1) is 0 Å². The number of halogens is 4. The normalized spacial score (nSPS) is 11.8. The quantitative estimate of drug-likeness (QED) is 0.673. The molecule has 0 bridgehead atoms. The molecule has 4 nitrogen and oxygen atoms in total. The second-order valence-electron chi connectivity index (χ2n) is 4.45. The molecule has 3 rings (SSSR count). The summed E-state index contributed by atoms with van der Waals surface area (Å²) in [6, 6.07) is 7.96. The van der Waals surface area contributed by atoms with Gasteiger partial charge in [-0.2, -0.15) is 18.3 Å². The maximum absolute atomic E-state index is 13.1. The molecular formula is C14H7ClF3N3O. The lowest BCUT2D eigenvalue weighted by molar-refractivity contribution is -0.137. The summed E-state index contributed by atoms with van der Waals surface area (Å²) in [7, 11) is 0. The number of carbonyl (C=O) groups excluding carboxylic acids is 1. The second kappa shape index (κ2) is 5.10. The molecule has 0 atom stereocenters. The van der Waals surface area contributed by atoms with Gasteiger partial charge < -0.3 is 0 Å². The van der Waals surface area contributed by atoms with Crippen molar-refractivity contribution in [2.24, 2.45) is 0 Å². The van der Waals surface area contributed by atoms with Gasteiger partial charge in [0.15, 0.2) is 5.65 Å². The third-order valence-electron chi connectivity index (χ3n) is 3.07. The molecule has 0 saturated heterocycles. The highest BCUT2D eigenvalue weighted by Gasteiger charge is 2.33. The Bertz CT molecular complexity index is 873. The summed E-state index contributed by atoms with van der Waals surface area (Å²) in [5.74, 6) is 0. The van der Waals surface area contributed by atoms with Crippen molar-refractivity contribution in [3.8, 4) is 11.3 Å². The maximum Gasteiger partial charge on any atom is 0.417 e. The van der Waals surface area contributed by atoms with Crippen molar-refractivity contribution in [2.75, 3.05) is 0 Å². The van der Waals surface area contributed by atoms with Gasteiger partial charge in [-0.3, -0.25) is 4.79 Å². The average Bonchev–Trinajstić information content (AvgIpc) is 2.89. The lowest BCUT2D eigenvalue weighted by atomic mass is 10.0. The summed E-state index contributed by atoms with van der Waals surface area (Å²) < 4.78 is 40.3. The van der Waals surface area contributed by atoms with E-state index in [1.54, 1.807) is 0 Å². The van der Waals surface area contributed by atoms with E-state index in [0.717, 1.165) is 10.6 Å². The molecule has 2 heterocycles. The van der Waals surface area contributed by atoms with Crippen LogP contribution in [0.3, 0.4) is 0 Å². The van der Waals surface area contributed by atoms with Crippen LogP contribution in [-0.2, 0) is 6.18 Å². The number of hydrogen-bond donors (Lipinski definition) is 0. The van der Waals surface area contributed by atoms with Crippen molar-refractivity contribution >= 4 is 22.5 Å². The predicted molar refractivity (Wildman–Crippen MR) is 73.6 cm³/mol. The van der Waals surface area contributed by atoms with Gasteiger partial charge in [0, 0.05) is 5.56 Å². The van der Waals surface area contributed by atoms with Crippen molar-refractivity contribution in [1.29, 1.82) is 0 Å². The van der Waals surface area contributed by atoms with E-state index >= 15 is 0 Å². The maximum atomic E-state index is 13.1. The highest BCUT2D eigenvalue weighted by atomic mass is 35.5. The number of rotatable bonds is 2. The lowest BCUT2D eigenvalue weighted by Crippen LogP contribution is -2.08. The second-order valence-corrected chi connectivity index (χ2v) is 4.79. The fourth-order valence-corrected chi connectivity index (χ4v) is 2.23. The molecule has 3 aromatic rings. The minimum absolute atomic E-state index is 0.0111. The van der Waals surface area contributed by atoms with Crippen LogP contribution in [0.5, 0.6) is 0 Å². The molecule has 22 heavy (non-hydrogen) atoms. The summed E-state index contributed by atoms with van der Waals surface area (Å²) in [6.07, 6.45) is -3.29. The highest BCUT2D eigenvalue weighted by molar-refractivity contribution is 6.67. The van der Waals surface area contributed by atoms with Gasteiger partial charge in [0.1, 0.15) is 5.69 Å². The van der Waals surface area contributed by atoms with Gasteiger partial charge in [0.25, 0.3) is 5.24 Å². The first-order valence-corrected chi connectivity index (χ1v) is 6.47. The van der Waals surface area contributed by atoms with E-state index in [1.807, 2.05) is 0 Å². The molecule has 2 aromatic heterocycles. The number of hydrogen-bond acceptors (Lipinski definition) is 3. The van der Waals surface area contributed by atoms with Gasteiger partial charge >= 0.3 is 6.18 Å². The summed E-state index contributed by atoms with van der Waals surface area (Å²) in [6.45, 7) is 0. The Kier molecular flexibility index (Phi) is 3.37. The Balaban J connectivity index is 2.23. The molecule has 0 aliphatic rings. The van der Waals surface area contributed by atoms with E-state index in [4.69, 9.17) is 11.6 Å². The predicted octanol–water partition coefficient (Wildman–Crippen LogP) is 3.79. The molecule has 8 heteroatoms. The zero-order valence-electron chi connectivity index (χ0n) is 10.8. The summed E-state index contributed by atoms with van der Waals surface area (Å²) in [5, 5.41) is 3.26. The lowest BCUT2D eigenvalue weighted by Gasteiger charge is -2.12. The first-order chi connectivity index (χ1) is 10.4. The molecule has 1 aromatic carbocycles. The number of nitrogens with zero attached hydrogens (tertiary/aromatic N) is 3. The number of benzene rings is 1. The van der Waals surface area contributed by atoms with Crippen LogP contribution in [0.4, 0.5) is 13.2 Å². The fourth-order valence-electron chi connectivity index (χ4n) is 2.10. The van der Waals surface area contributed by atoms with Crippen LogP contribution >= 0.6 is 11.6 Å². The summed E-state index contributed by atoms with van der Waals surface area (Å²) in [4.78, 5) is 15.2. The number of imidazole rings is 1. The highest BCUT2D eigenvalue weighted by Crippen LogP contribution is 2.36. The number of alkyl halides is 3. The molecule has 112 valence electrons. The SMILES string of the molecule is O=C(Cl)c1cnc2ccc(-c3ccccc3C(F)(F)F)nn12. The molecule has 0 spiro atoms. The van der Waals surface area contributed by atoms with Crippen LogP contribution in [0.2, 0.25) is 0 Å². The fraction of sp³-hybridized carbons (Fsp3) is 0.0714. The first kappa shape index (κ1) is 14.5.